The van der Waals surface area contributed by atoms with Crippen LogP contribution in [0.1, 0.15) is 28.5 Å². The van der Waals surface area contributed by atoms with E-state index in [9.17, 15) is 9.90 Å². The molecule has 0 aliphatic carbocycles. The smallest absolute Gasteiger partial charge is 0.315 e. The number of esters is 1. The molecule has 0 saturated carbocycles. The highest BCUT2D eigenvalue weighted by molar-refractivity contribution is 8.00. The fraction of sp³-hybridized carbons (Fsp3) is 0.208. The second kappa shape index (κ2) is 8.62. The quantitative estimate of drug-likeness (QED) is 0.479. The summed E-state index contributed by atoms with van der Waals surface area (Å²) in [4.78, 5) is 12.4. The average molecular weight is 407 g/mol. The summed E-state index contributed by atoms with van der Waals surface area (Å²) in [6, 6.07) is 24.0. The molecular weight excluding hydrogens is 384 g/mol. The Hall–Kier alpha value is -2.92. The number of aromatic hydroxyl groups is 1. The van der Waals surface area contributed by atoms with Gasteiger partial charge in [-0.3, -0.25) is 4.79 Å². The number of carbonyl (C=O) groups excluding carboxylic acids is 1. The van der Waals surface area contributed by atoms with Crippen molar-refractivity contribution in [2.24, 2.45) is 0 Å². The van der Waals surface area contributed by atoms with Gasteiger partial charge in [0.25, 0.3) is 0 Å². The number of carbonyl (C=O) groups is 1. The summed E-state index contributed by atoms with van der Waals surface area (Å²) in [5, 5.41) is 9.87. The first-order valence-electron chi connectivity index (χ1n) is 9.46. The fourth-order valence-electron chi connectivity index (χ4n) is 3.77. The number of methoxy groups -OCH3 is 1. The third-order valence-electron chi connectivity index (χ3n) is 5.20. The van der Waals surface area contributed by atoms with Crippen LogP contribution in [-0.2, 0) is 9.53 Å². The molecule has 3 aromatic rings. The summed E-state index contributed by atoms with van der Waals surface area (Å²) in [6.07, 6.45) is 0. The minimum atomic E-state index is -0.235. The van der Waals surface area contributed by atoms with E-state index in [1.165, 1.54) is 30.0 Å². The van der Waals surface area contributed by atoms with Crippen LogP contribution in [0.2, 0.25) is 0 Å². The van der Waals surface area contributed by atoms with Crippen molar-refractivity contribution in [3.05, 3.63) is 89.5 Å². The molecule has 0 bridgehead atoms. The molecule has 1 aliphatic heterocycles. The summed E-state index contributed by atoms with van der Waals surface area (Å²) < 4.78 is 10.7. The van der Waals surface area contributed by atoms with E-state index in [1.807, 2.05) is 36.4 Å². The Kier molecular flexibility index (Phi) is 5.76. The highest BCUT2D eigenvalue weighted by Crippen LogP contribution is 2.47. The maximum absolute atomic E-state index is 11.4. The van der Waals surface area contributed by atoms with E-state index in [0.29, 0.717) is 12.4 Å². The van der Waals surface area contributed by atoms with Crippen molar-refractivity contribution in [2.45, 2.75) is 16.7 Å². The zero-order valence-electron chi connectivity index (χ0n) is 16.1. The zero-order valence-corrected chi connectivity index (χ0v) is 16.9. The first-order valence-corrected chi connectivity index (χ1v) is 10.4. The average Bonchev–Trinajstić information content (AvgIpc) is 2.77. The van der Waals surface area contributed by atoms with Gasteiger partial charge in [0.15, 0.2) is 0 Å². The number of thioether (sulfide) groups is 1. The lowest BCUT2D eigenvalue weighted by molar-refractivity contribution is -0.137. The standard InChI is InChI=1S/C24H22O4S/c1-27-23(26)15-29-19-10-7-17(8-11-19)24-20-12-9-18(25)13-22(20)28-14-21(24)16-5-3-2-4-6-16/h2-13,21,24-25H,14-15H2,1H3. The van der Waals surface area contributed by atoms with E-state index in [2.05, 4.69) is 24.3 Å². The molecule has 0 amide bonds. The summed E-state index contributed by atoms with van der Waals surface area (Å²) in [5.41, 5.74) is 3.47. The van der Waals surface area contributed by atoms with Crippen molar-refractivity contribution in [3.8, 4) is 11.5 Å². The van der Waals surface area contributed by atoms with Crippen molar-refractivity contribution >= 4 is 17.7 Å². The van der Waals surface area contributed by atoms with Gasteiger partial charge in [0.2, 0.25) is 0 Å². The summed E-state index contributed by atoms with van der Waals surface area (Å²) >= 11 is 1.46. The lowest BCUT2D eigenvalue weighted by Crippen LogP contribution is -2.25. The molecule has 148 valence electrons. The number of benzene rings is 3. The van der Waals surface area contributed by atoms with Crippen molar-refractivity contribution in [1.29, 1.82) is 0 Å². The number of fused-ring (bicyclic) bond motifs is 1. The second-order valence-electron chi connectivity index (χ2n) is 6.96. The molecule has 1 aliphatic rings. The van der Waals surface area contributed by atoms with Crippen molar-refractivity contribution < 1.29 is 19.4 Å². The predicted molar refractivity (Wildman–Crippen MR) is 114 cm³/mol. The van der Waals surface area contributed by atoms with Crippen LogP contribution in [0.15, 0.2) is 77.7 Å². The third kappa shape index (κ3) is 4.25. The van der Waals surface area contributed by atoms with Gasteiger partial charge in [-0.25, -0.2) is 0 Å². The molecule has 0 saturated heterocycles. The number of ether oxygens (including phenoxy) is 2. The molecule has 1 N–H and O–H groups in total. The molecule has 4 rings (SSSR count). The molecule has 2 atom stereocenters. The van der Waals surface area contributed by atoms with Gasteiger partial charge in [0, 0.05) is 28.4 Å². The van der Waals surface area contributed by atoms with Crippen LogP contribution < -0.4 is 4.74 Å². The molecule has 0 fully saturated rings. The lowest BCUT2D eigenvalue weighted by atomic mass is 9.76. The summed E-state index contributed by atoms with van der Waals surface area (Å²) in [7, 11) is 1.40. The highest BCUT2D eigenvalue weighted by atomic mass is 32.2. The number of phenolic OH excluding ortho intramolecular Hbond substituents is 1. The molecule has 0 aromatic heterocycles. The molecular formula is C24H22O4S. The van der Waals surface area contributed by atoms with E-state index in [-0.39, 0.29) is 23.6 Å². The number of rotatable bonds is 5. The summed E-state index contributed by atoms with van der Waals surface area (Å²) in [5.74, 6) is 1.27. The zero-order chi connectivity index (χ0) is 20.2. The van der Waals surface area contributed by atoms with Gasteiger partial charge >= 0.3 is 5.97 Å². The van der Waals surface area contributed by atoms with Crippen LogP contribution in [-0.4, -0.2) is 30.5 Å². The normalized spacial score (nSPS) is 17.8. The topological polar surface area (TPSA) is 55.8 Å². The van der Waals surface area contributed by atoms with E-state index in [1.54, 1.807) is 12.1 Å². The van der Waals surface area contributed by atoms with E-state index in [4.69, 9.17) is 9.47 Å². The van der Waals surface area contributed by atoms with E-state index >= 15 is 0 Å². The monoisotopic (exact) mass is 406 g/mol. The van der Waals surface area contributed by atoms with Crippen molar-refractivity contribution in [1.82, 2.24) is 0 Å². The Morgan fingerprint density at radius 1 is 1.07 bits per heavy atom. The van der Waals surface area contributed by atoms with Gasteiger partial charge in [-0.15, -0.1) is 11.8 Å². The lowest BCUT2D eigenvalue weighted by Gasteiger charge is -2.34. The Labute approximate surface area is 174 Å². The molecule has 4 nitrogen and oxygen atoms in total. The molecule has 5 heteroatoms. The van der Waals surface area contributed by atoms with Crippen molar-refractivity contribution in [2.75, 3.05) is 19.5 Å². The highest BCUT2D eigenvalue weighted by Gasteiger charge is 2.33. The van der Waals surface area contributed by atoms with Crippen LogP contribution in [0.25, 0.3) is 0 Å². The van der Waals surface area contributed by atoms with Gasteiger partial charge in [-0.1, -0.05) is 48.5 Å². The maximum atomic E-state index is 11.4. The fourth-order valence-corrected chi connectivity index (χ4v) is 4.50. The minimum absolute atomic E-state index is 0.112. The molecule has 3 aromatic carbocycles. The molecule has 29 heavy (non-hydrogen) atoms. The van der Waals surface area contributed by atoms with Crippen LogP contribution >= 0.6 is 11.8 Å². The van der Waals surface area contributed by atoms with Crippen molar-refractivity contribution in [3.63, 3.8) is 0 Å². The second-order valence-corrected chi connectivity index (χ2v) is 8.01. The van der Waals surface area contributed by atoms with Gasteiger partial charge in [-0.2, -0.15) is 0 Å². The molecule has 1 heterocycles. The van der Waals surface area contributed by atoms with Gasteiger partial charge in [0.05, 0.1) is 19.5 Å². The van der Waals surface area contributed by atoms with Gasteiger partial charge in [0.1, 0.15) is 11.5 Å². The molecule has 0 spiro atoms. The first-order chi connectivity index (χ1) is 14.2. The Morgan fingerprint density at radius 2 is 1.83 bits per heavy atom. The number of phenols is 1. The molecule has 0 radical (unpaired) electrons. The third-order valence-corrected chi connectivity index (χ3v) is 6.19. The SMILES string of the molecule is COC(=O)CSc1ccc(C2c3ccc(O)cc3OCC2c2ccccc2)cc1. The predicted octanol–water partition coefficient (Wildman–Crippen LogP) is 4.97. The first kappa shape index (κ1) is 19.4. The van der Waals surface area contributed by atoms with E-state index < -0.39 is 0 Å². The van der Waals surface area contributed by atoms with E-state index in [0.717, 1.165) is 16.2 Å². The molecule has 2 unspecified atom stereocenters. The Bertz CT molecular complexity index is 986. The summed E-state index contributed by atoms with van der Waals surface area (Å²) in [6.45, 7) is 0.546. The van der Waals surface area contributed by atoms with Crippen LogP contribution in [0.4, 0.5) is 0 Å². The largest absolute Gasteiger partial charge is 0.508 e. The maximum Gasteiger partial charge on any atom is 0.315 e. The number of hydrogen-bond acceptors (Lipinski definition) is 5. The Balaban J connectivity index is 1.68. The number of hydrogen-bond donors (Lipinski definition) is 1. The minimum Gasteiger partial charge on any atom is -0.508 e. The van der Waals surface area contributed by atoms with Crippen LogP contribution in [0.3, 0.4) is 0 Å². The Morgan fingerprint density at radius 3 is 2.55 bits per heavy atom. The van der Waals surface area contributed by atoms with Gasteiger partial charge in [-0.05, 0) is 29.3 Å². The van der Waals surface area contributed by atoms with Gasteiger partial charge < -0.3 is 14.6 Å². The van der Waals surface area contributed by atoms with Crippen LogP contribution in [0, 0.1) is 0 Å². The van der Waals surface area contributed by atoms with Crippen LogP contribution in [0.5, 0.6) is 11.5 Å².